The third-order valence-corrected chi connectivity index (χ3v) is 11.7. The van der Waals surface area contributed by atoms with Gasteiger partial charge in [0.05, 0.1) is 23.7 Å². The van der Waals surface area contributed by atoms with Crippen molar-refractivity contribution in [2.75, 3.05) is 20.2 Å². The van der Waals surface area contributed by atoms with Gasteiger partial charge in [0.1, 0.15) is 18.5 Å². The highest BCUT2D eigenvalue weighted by molar-refractivity contribution is 5.76. The molecular weight excluding hydrogens is 496 g/mol. The van der Waals surface area contributed by atoms with Crippen LogP contribution in [0.15, 0.2) is 36.0 Å². The van der Waals surface area contributed by atoms with Crippen molar-refractivity contribution in [2.24, 2.45) is 28.6 Å². The largest absolute Gasteiger partial charge is 0.393 e. The Morgan fingerprint density at radius 2 is 2.03 bits per heavy atom. The number of allylic oxidation sites excluding steroid dienone is 1. The molecule has 1 aromatic carbocycles. The minimum atomic E-state index is -0.873. The number of hydrogen-bond acceptors (Lipinski definition) is 7. The van der Waals surface area contributed by atoms with Crippen LogP contribution in [0.4, 0.5) is 0 Å². The predicted molar refractivity (Wildman–Crippen MR) is 141 cm³/mol. The molecule has 2 spiro atoms. The van der Waals surface area contributed by atoms with E-state index in [1.165, 1.54) is 11.1 Å². The quantitative estimate of drug-likeness (QED) is 0.577. The molecule has 0 amide bonds. The molecule has 8 heteroatoms. The number of rotatable bonds is 2. The smallest absolute Gasteiger partial charge is 0.226 e. The molecule has 5 fully saturated rings. The number of ether oxygens (including phenoxy) is 4. The van der Waals surface area contributed by atoms with E-state index in [0.29, 0.717) is 30.4 Å². The second kappa shape index (κ2) is 8.10. The molecule has 8 rings (SSSR count). The van der Waals surface area contributed by atoms with E-state index in [2.05, 4.69) is 19.9 Å². The number of carbonyl (C=O) groups is 1. The van der Waals surface area contributed by atoms with Crippen molar-refractivity contribution in [1.29, 1.82) is 0 Å². The molecule has 206 valence electrons. The third-order valence-electron chi connectivity index (χ3n) is 11.7. The normalized spacial score (nSPS) is 44.1. The van der Waals surface area contributed by atoms with E-state index in [9.17, 15) is 9.90 Å². The predicted octanol–water partition coefficient (Wildman–Crippen LogP) is 4.28. The van der Waals surface area contributed by atoms with Crippen LogP contribution in [0.1, 0.15) is 67.6 Å². The zero-order chi connectivity index (χ0) is 26.6. The molecular formula is C31H36N2O6. The highest BCUT2D eigenvalue weighted by Crippen LogP contribution is 2.71. The van der Waals surface area contributed by atoms with Crippen molar-refractivity contribution in [3.8, 4) is 5.69 Å². The van der Waals surface area contributed by atoms with Crippen molar-refractivity contribution < 1.29 is 28.8 Å². The maximum absolute atomic E-state index is 12.0. The minimum Gasteiger partial charge on any atom is -0.393 e. The summed E-state index contributed by atoms with van der Waals surface area (Å²) in [6.07, 6.45) is 10.2. The first-order chi connectivity index (χ1) is 18.8. The van der Waals surface area contributed by atoms with Crippen molar-refractivity contribution in [1.82, 2.24) is 9.78 Å². The lowest BCUT2D eigenvalue weighted by Gasteiger charge is -2.61. The average molecular weight is 533 g/mol. The number of hydrogen-bond donors (Lipinski definition) is 1. The third kappa shape index (κ3) is 2.96. The molecule has 3 saturated carbocycles. The first-order valence-corrected chi connectivity index (χ1v) is 14.4. The van der Waals surface area contributed by atoms with Crippen LogP contribution < -0.4 is 0 Å². The molecule has 1 N–H and O–H groups in total. The molecule has 3 heterocycles. The zero-order valence-electron chi connectivity index (χ0n) is 22.6. The summed E-state index contributed by atoms with van der Waals surface area (Å²) in [7, 11) is 0. The van der Waals surface area contributed by atoms with Gasteiger partial charge in [-0.2, -0.15) is 5.10 Å². The lowest BCUT2D eigenvalue weighted by atomic mass is 9.45. The summed E-state index contributed by atoms with van der Waals surface area (Å²) < 4.78 is 26.4. The Labute approximate surface area is 228 Å². The van der Waals surface area contributed by atoms with E-state index in [-0.39, 0.29) is 30.3 Å². The highest BCUT2D eigenvalue weighted by atomic mass is 16.9. The fourth-order valence-electron chi connectivity index (χ4n) is 10.1. The van der Waals surface area contributed by atoms with Crippen molar-refractivity contribution in [2.45, 2.75) is 69.9 Å². The van der Waals surface area contributed by atoms with Crippen LogP contribution in [-0.2, 0) is 25.4 Å². The Balaban J connectivity index is 1.15. The van der Waals surface area contributed by atoms with Crippen LogP contribution in [0.3, 0.4) is 0 Å². The highest BCUT2D eigenvalue weighted by Gasteiger charge is 2.76. The van der Waals surface area contributed by atoms with Gasteiger partial charge in [-0.3, -0.25) is 4.79 Å². The van der Waals surface area contributed by atoms with Gasteiger partial charge in [0, 0.05) is 11.0 Å². The standard InChI is InChI=1S/C31H36N2O6/c1-28-12-20-14-32-33(22-5-3-4-19(10-22)15-34)25(20)11-21(28)6-7-23-24-8-9-30(29(24,2)13-26(35)27(23)28)31(39-18-37-30)16-36-17-38-31/h3-5,10-11,14-15,23-24,26-27,35H,6-9,12-13,16-18H2,1-2H3/t23-,24-,26-,27+,28-,29-,30+,31?/m0/s1. The molecule has 4 aliphatic carbocycles. The van der Waals surface area contributed by atoms with Crippen LogP contribution >= 0.6 is 0 Å². The molecule has 0 bridgehead atoms. The second-order valence-corrected chi connectivity index (χ2v) is 13.1. The maximum Gasteiger partial charge on any atom is 0.226 e. The van der Waals surface area contributed by atoms with Crippen LogP contribution in [0, 0.1) is 28.6 Å². The summed E-state index contributed by atoms with van der Waals surface area (Å²) >= 11 is 0. The summed E-state index contributed by atoms with van der Waals surface area (Å²) in [6, 6.07) is 7.58. The number of nitrogens with zero attached hydrogens (tertiary/aromatic N) is 2. The number of aromatic nitrogens is 2. The number of aliphatic hydroxyl groups excluding tert-OH is 1. The topological polar surface area (TPSA) is 92.0 Å². The molecule has 6 aliphatic rings. The molecule has 8 nitrogen and oxygen atoms in total. The summed E-state index contributed by atoms with van der Waals surface area (Å²) in [4.78, 5) is 11.4. The summed E-state index contributed by atoms with van der Waals surface area (Å²) in [6.45, 7) is 5.49. The summed E-state index contributed by atoms with van der Waals surface area (Å²) in [5.41, 5.74) is 4.24. The first kappa shape index (κ1) is 24.4. The molecule has 39 heavy (non-hydrogen) atoms. The Hall–Kier alpha value is -2.36. The molecule has 2 saturated heterocycles. The fourth-order valence-corrected chi connectivity index (χ4v) is 10.1. The van der Waals surface area contributed by atoms with Crippen molar-refractivity contribution in [3.63, 3.8) is 0 Å². The lowest BCUT2D eigenvalue weighted by molar-refractivity contribution is -0.257. The van der Waals surface area contributed by atoms with E-state index >= 15 is 0 Å². The first-order valence-electron chi connectivity index (χ1n) is 14.4. The van der Waals surface area contributed by atoms with Gasteiger partial charge >= 0.3 is 0 Å². The van der Waals surface area contributed by atoms with E-state index in [1.807, 2.05) is 35.1 Å². The Bertz CT molecular complexity index is 1370. The summed E-state index contributed by atoms with van der Waals surface area (Å²) in [5.74, 6) is 0.105. The zero-order valence-corrected chi connectivity index (χ0v) is 22.6. The number of carbonyl (C=O) groups excluding carboxylic acids is 1. The molecule has 1 unspecified atom stereocenters. The van der Waals surface area contributed by atoms with E-state index in [0.717, 1.165) is 49.8 Å². The van der Waals surface area contributed by atoms with Crippen LogP contribution in [0.5, 0.6) is 0 Å². The van der Waals surface area contributed by atoms with Gasteiger partial charge in [-0.15, -0.1) is 0 Å². The molecule has 8 atom stereocenters. The van der Waals surface area contributed by atoms with Crippen LogP contribution in [-0.4, -0.2) is 58.9 Å². The van der Waals surface area contributed by atoms with Crippen molar-refractivity contribution in [3.05, 3.63) is 52.9 Å². The molecule has 2 aromatic rings. The molecule has 1 aromatic heterocycles. The van der Waals surface area contributed by atoms with E-state index in [1.54, 1.807) is 0 Å². The Morgan fingerprint density at radius 3 is 2.85 bits per heavy atom. The maximum atomic E-state index is 12.0. The second-order valence-electron chi connectivity index (χ2n) is 13.1. The van der Waals surface area contributed by atoms with Crippen LogP contribution in [0.25, 0.3) is 11.8 Å². The van der Waals surface area contributed by atoms with Crippen LogP contribution in [0.2, 0.25) is 0 Å². The Morgan fingerprint density at radius 1 is 1.15 bits per heavy atom. The fraction of sp³-hybridized carbons (Fsp3) is 0.613. The van der Waals surface area contributed by atoms with Gasteiger partial charge in [-0.25, -0.2) is 4.68 Å². The molecule has 2 aliphatic heterocycles. The number of fused-ring (bicyclic) bond motifs is 8. The van der Waals surface area contributed by atoms with Gasteiger partial charge in [-0.1, -0.05) is 31.6 Å². The van der Waals surface area contributed by atoms with Gasteiger partial charge in [0.2, 0.25) is 5.79 Å². The summed E-state index contributed by atoms with van der Waals surface area (Å²) in [5, 5.41) is 16.8. The number of aliphatic hydroxyl groups is 1. The Kier molecular flexibility index (Phi) is 5.08. The molecule has 0 radical (unpaired) electrons. The lowest BCUT2D eigenvalue weighted by Crippen LogP contribution is -2.66. The minimum absolute atomic E-state index is 0.136. The monoisotopic (exact) mass is 532 g/mol. The number of benzene rings is 1. The van der Waals surface area contributed by atoms with Gasteiger partial charge in [0.15, 0.2) is 13.6 Å². The van der Waals surface area contributed by atoms with E-state index < -0.39 is 17.5 Å². The van der Waals surface area contributed by atoms with Crippen molar-refractivity contribution >= 4 is 12.4 Å². The number of aldehydes is 1. The van der Waals surface area contributed by atoms with Gasteiger partial charge in [0.25, 0.3) is 0 Å². The SMILES string of the molecule is C[C@]12Cc3cnn(-c4cccc(C=O)c4)c3C=C1CC[C@@H]1[C@@H]2[C@@H](O)C[C@@]2(C)[C@H]1CC[C@@]21OCOC12COCO2. The van der Waals surface area contributed by atoms with Gasteiger partial charge in [-0.05, 0) is 85.5 Å². The average Bonchev–Trinajstić information content (AvgIpc) is 3.71. The van der Waals surface area contributed by atoms with E-state index in [4.69, 9.17) is 24.0 Å². The van der Waals surface area contributed by atoms with Gasteiger partial charge < -0.3 is 24.1 Å².